The fraction of sp³-hybridized carbons (Fsp3) is 0.500. The van der Waals surface area contributed by atoms with Gasteiger partial charge in [-0.1, -0.05) is 24.9 Å². The molecule has 0 saturated heterocycles. The number of halogens is 1. The molecule has 6 heteroatoms. The Bertz CT molecular complexity index is 439. The number of hydrogen-bond acceptors (Lipinski definition) is 4. The molecule has 1 unspecified atom stereocenters. The molecule has 0 saturated carbocycles. The van der Waals surface area contributed by atoms with Gasteiger partial charge in [-0.15, -0.1) is 0 Å². The van der Waals surface area contributed by atoms with Crippen molar-refractivity contribution in [2.24, 2.45) is 0 Å². The Labute approximate surface area is 123 Å². The molecule has 0 aliphatic rings. The predicted molar refractivity (Wildman–Crippen MR) is 77.7 cm³/mol. The third-order valence-electron chi connectivity index (χ3n) is 2.70. The molecule has 0 aromatic heterocycles. The molecule has 112 valence electrons. The number of carbonyl (C=O) groups is 1. The molecule has 1 aromatic rings. The Kier molecular flexibility index (Phi) is 7.36. The Morgan fingerprint density at radius 2 is 2.25 bits per heavy atom. The summed E-state index contributed by atoms with van der Waals surface area (Å²) < 4.78 is 5.36. The second-order valence-corrected chi connectivity index (χ2v) is 4.88. The molecule has 1 atom stereocenters. The van der Waals surface area contributed by atoms with Crippen LogP contribution in [0.4, 0.5) is 0 Å². The standard InChI is InChI=1S/C14H20ClNO4/c1-2-3-6-16-8-11(17)9-20-13-7-10(14(18)19)4-5-12(13)15/h4-5,7,11,16-17H,2-3,6,8-9H2,1H3,(H,18,19). The Hall–Kier alpha value is -1.30. The first-order chi connectivity index (χ1) is 9.54. The van der Waals surface area contributed by atoms with Gasteiger partial charge in [-0.05, 0) is 31.2 Å². The van der Waals surface area contributed by atoms with Crippen molar-refractivity contribution in [3.63, 3.8) is 0 Å². The quantitative estimate of drug-likeness (QED) is 0.609. The molecule has 0 aliphatic heterocycles. The molecular formula is C14H20ClNO4. The molecule has 0 fully saturated rings. The molecule has 0 heterocycles. The Morgan fingerprint density at radius 3 is 2.90 bits per heavy atom. The number of aromatic carboxylic acids is 1. The SMILES string of the molecule is CCCCNCC(O)COc1cc(C(=O)O)ccc1Cl. The first-order valence-electron chi connectivity index (χ1n) is 6.59. The van der Waals surface area contributed by atoms with Gasteiger partial charge in [-0.3, -0.25) is 0 Å². The molecular weight excluding hydrogens is 282 g/mol. The maximum atomic E-state index is 10.8. The number of ether oxygens (including phenoxy) is 1. The topological polar surface area (TPSA) is 78.8 Å². The van der Waals surface area contributed by atoms with E-state index in [0.717, 1.165) is 19.4 Å². The smallest absolute Gasteiger partial charge is 0.335 e. The highest BCUT2D eigenvalue weighted by Gasteiger charge is 2.10. The first kappa shape index (κ1) is 16.8. The number of aliphatic hydroxyl groups is 1. The van der Waals surface area contributed by atoms with E-state index >= 15 is 0 Å². The van der Waals surface area contributed by atoms with Crippen LogP contribution in [-0.2, 0) is 0 Å². The lowest BCUT2D eigenvalue weighted by Gasteiger charge is -2.14. The zero-order valence-corrected chi connectivity index (χ0v) is 12.2. The number of unbranched alkanes of at least 4 members (excludes halogenated alkanes) is 1. The van der Waals surface area contributed by atoms with Crippen molar-refractivity contribution >= 4 is 17.6 Å². The minimum atomic E-state index is -1.05. The monoisotopic (exact) mass is 301 g/mol. The fourth-order valence-electron chi connectivity index (χ4n) is 1.56. The normalized spacial score (nSPS) is 12.2. The molecule has 0 bridgehead atoms. The zero-order valence-electron chi connectivity index (χ0n) is 11.4. The van der Waals surface area contributed by atoms with Crippen molar-refractivity contribution in [3.05, 3.63) is 28.8 Å². The van der Waals surface area contributed by atoms with E-state index < -0.39 is 12.1 Å². The van der Waals surface area contributed by atoms with E-state index in [2.05, 4.69) is 12.2 Å². The van der Waals surface area contributed by atoms with Crippen LogP contribution >= 0.6 is 11.6 Å². The van der Waals surface area contributed by atoms with Gasteiger partial charge in [-0.25, -0.2) is 4.79 Å². The molecule has 0 aliphatic carbocycles. The van der Waals surface area contributed by atoms with Crippen LogP contribution in [-0.4, -0.2) is 42.0 Å². The van der Waals surface area contributed by atoms with E-state index in [1.165, 1.54) is 18.2 Å². The van der Waals surface area contributed by atoms with Crippen LogP contribution in [0, 0.1) is 0 Å². The fourth-order valence-corrected chi connectivity index (χ4v) is 1.73. The minimum Gasteiger partial charge on any atom is -0.489 e. The van der Waals surface area contributed by atoms with Crippen molar-refractivity contribution in [1.82, 2.24) is 5.32 Å². The second-order valence-electron chi connectivity index (χ2n) is 4.47. The van der Waals surface area contributed by atoms with Gasteiger partial charge in [0.2, 0.25) is 0 Å². The van der Waals surface area contributed by atoms with E-state index in [4.69, 9.17) is 21.4 Å². The molecule has 1 aromatic carbocycles. The van der Waals surface area contributed by atoms with Crippen molar-refractivity contribution in [1.29, 1.82) is 0 Å². The Morgan fingerprint density at radius 1 is 1.50 bits per heavy atom. The lowest BCUT2D eigenvalue weighted by Crippen LogP contribution is -2.32. The highest BCUT2D eigenvalue weighted by atomic mass is 35.5. The lowest BCUT2D eigenvalue weighted by atomic mass is 10.2. The van der Waals surface area contributed by atoms with Crippen LogP contribution in [0.1, 0.15) is 30.1 Å². The third kappa shape index (κ3) is 5.77. The van der Waals surface area contributed by atoms with Crippen LogP contribution < -0.4 is 10.1 Å². The molecule has 0 radical (unpaired) electrons. The summed E-state index contributed by atoms with van der Waals surface area (Å²) in [5, 5.41) is 22.0. The van der Waals surface area contributed by atoms with Crippen molar-refractivity contribution in [3.8, 4) is 5.75 Å². The van der Waals surface area contributed by atoms with Crippen LogP contribution in [0.3, 0.4) is 0 Å². The molecule has 1 rings (SSSR count). The second kappa shape index (κ2) is 8.79. The van der Waals surface area contributed by atoms with Gasteiger partial charge in [0, 0.05) is 6.54 Å². The number of carboxylic acid groups (broad SMARTS) is 1. The lowest BCUT2D eigenvalue weighted by molar-refractivity contribution is 0.0696. The van der Waals surface area contributed by atoms with Gasteiger partial charge in [0.05, 0.1) is 10.6 Å². The molecule has 0 spiro atoms. The summed E-state index contributed by atoms with van der Waals surface area (Å²) in [5.74, 6) is -0.785. The number of carboxylic acids is 1. The minimum absolute atomic E-state index is 0.0575. The van der Waals surface area contributed by atoms with Gasteiger partial charge < -0.3 is 20.3 Å². The van der Waals surface area contributed by atoms with Gasteiger partial charge in [0.25, 0.3) is 0 Å². The van der Waals surface area contributed by atoms with Crippen LogP contribution in [0.25, 0.3) is 0 Å². The molecule has 0 amide bonds. The first-order valence-corrected chi connectivity index (χ1v) is 6.96. The van der Waals surface area contributed by atoms with E-state index in [9.17, 15) is 9.90 Å². The number of nitrogens with one attached hydrogen (secondary N) is 1. The molecule has 3 N–H and O–H groups in total. The largest absolute Gasteiger partial charge is 0.489 e. The summed E-state index contributed by atoms with van der Waals surface area (Å²) in [6.45, 7) is 3.43. The maximum absolute atomic E-state index is 10.8. The summed E-state index contributed by atoms with van der Waals surface area (Å²) in [7, 11) is 0. The number of rotatable bonds is 9. The number of benzene rings is 1. The maximum Gasteiger partial charge on any atom is 0.335 e. The van der Waals surface area contributed by atoms with Gasteiger partial charge in [0.1, 0.15) is 18.5 Å². The molecule has 20 heavy (non-hydrogen) atoms. The summed E-state index contributed by atoms with van der Waals surface area (Å²) in [6, 6.07) is 4.22. The Balaban J connectivity index is 2.44. The highest BCUT2D eigenvalue weighted by Crippen LogP contribution is 2.25. The van der Waals surface area contributed by atoms with Crippen LogP contribution in [0.5, 0.6) is 5.75 Å². The van der Waals surface area contributed by atoms with Gasteiger partial charge >= 0.3 is 5.97 Å². The van der Waals surface area contributed by atoms with Crippen LogP contribution in [0.2, 0.25) is 5.02 Å². The summed E-state index contributed by atoms with van der Waals surface area (Å²) in [6.07, 6.45) is 1.48. The molecule has 5 nitrogen and oxygen atoms in total. The van der Waals surface area contributed by atoms with Gasteiger partial charge in [-0.2, -0.15) is 0 Å². The highest BCUT2D eigenvalue weighted by molar-refractivity contribution is 6.32. The summed E-state index contributed by atoms with van der Waals surface area (Å²) >= 11 is 5.91. The predicted octanol–water partition coefficient (Wildman–Crippen LogP) is 2.17. The number of aliphatic hydroxyl groups excluding tert-OH is 1. The van der Waals surface area contributed by atoms with Crippen LogP contribution in [0.15, 0.2) is 18.2 Å². The van der Waals surface area contributed by atoms with Crippen molar-refractivity contribution < 1.29 is 19.7 Å². The zero-order chi connectivity index (χ0) is 15.0. The third-order valence-corrected chi connectivity index (χ3v) is 3.01. The van der Waals surface area contributed by atoms with Crippen molar-refractivity contribution in [2.75, 3.05) is 19.7 Å². The van der Waals surface area contributed by atoms with E-state index in [0.29, 0.717) is 11.6 Å². The number of hydrogen-bond donors (Lipinski definition) is 3. The average molecular weight is 302 g/mol. The summed E-state index contributed by atoms with van der Waals surface area (Å²) in [4.78, 5) is 10.8. The summed E-state index contributed by atoms with van der Waals surface area (Å²) in [5.41, 5.74) is 0.0972. The van der Waals surface area contributed by atoms with E-state index in [1.54, 1.807) is 0 Å². The van der Waals surface area contributed by atoms with Crippen molar-refractivity contribution in [2.45, 2.75) is 25.9 Å². The average Bonchev–Trinajstić information content (AvgIpc) is 2.42. The van der Waals surface area contributed by atoms with E-state index in [-0.39, 0.29) is 17.9 Å². The van der Waals surface area contributed by atoms with Gasteiger partial charge in [0.15, 0.2) is 0 Å². The van der Waals surface area contributed by atoms with E-state index in [1.807, 2.05) is 0 Å².